The van der Waals surface area contributed by atoms with Crippen molar-refractivity contribution in [2.75, 3.05) is 18.4 Å². The molecule has 1 aliphatic rings. The van der Waals surface area contributed by atoms with Gasteiger partial charge in [0.2, 0.25) is 0 Å². The molecule has 1 aromatic carbocycles. The lowest BCUT2D eigenvalue weighted by atomic mass is 10.1. The van der Waals surface area contributed by atoms with Crippen molar-refractivity contribution in [2.24, 2.45) is 0 Å². The molecular formula is C23H31F2N5S. The van der Waals surface area contributed by atoms with Gasteiger partial charge in [-0.3, -0.25) is 0 Å². The van der Waals surface area contributed by atoms with E-state index in [1.54, 1.807) is 11.8 Å². The minimum atomic E-state index is -0.557. The molecule has 168 valence electrons. The molecule has 1 saturated heterocycles. The minimum absolute atomic E-state index is 0.0191. The third-order valence-corrected chi connectivity index (χ3v) is 6.40. The van der Waals surface area contributed by atoms with Crippen LogP contribution >= 0.6 is 11.8 Å². The van der Waals surface area contributed by atoms with E-state index in [4.69, 9.17) is 5.10 Å². The number of hydrogen-bond acceptors (Lipinski definition) is 5. The second-order valence-corrected chi connectivity index (χ2v) is 8.91. The van der Waals surface area contributed by atoms with Gasteiger partial charge in [-0.1, -0.05) is 33.8 Å². The molecule has 0 amide bonds. The second-order valence-electron chi connectivity index (χ2n) is 7.59. The predicted molar refractivity (Wildman–Crippen MR) is 124 cm³/mol. The van der Waals surface area contributed by atoms with Gasteiger partial charge in [0.1, 0.15) is 16.7 Å². The minimum Gasteiger partial charge on any atom is -0.378 e. The summed E-state index contributed by atoms with van der Waals surface area (Å²) in [4.78, 5) is 4.52. The van der Waals surface area contributed by atoms with Crippen LogP contribution in [0.3, 0.4) is 0 Å². The van der Waals surface area contributed by atoms with Crippen molar-refractivity contribution in [2.45, 2.75) is 63.3 Å². The van der Waals surface area contributed by atoms with E-state index >= 15 is 0 Å². The maximum Gasteiger partial charge on any atom is 0.177 e. The second kappa shape index (κ2) is 10.9. The summed E-state index contributed by atoms with van der Waals surface area (Å²) >= 11 is 1.76. The lowest BCUT2D eigenvalue weighted by Gasteiger charge is -2.22. The van der Waals surface area contributed by atoms with E-state index in [1.165, 1.54) is 18.2 Å². The lowest BCUT2D eigenvalue weighted by molar-refractivity contribution is 0.531. The van der Waals surface area contributed by atoms with E-state index in [-0.39, 0.29) is 18.0 Å². The summed E-state index contributed by atoms with van der Waals surface area (Å²) in [6.45, 7) is 10.3. The number of nitrogens with one attached hydrogen (secondary N) is 2. The van der Waals surface area contributed by atoms with Crippen LogP contribution in [0.15, 0.2) is 35.5 Å². The largest absolute Gasteiger partial charge is 0.378 e. The maximum atomic E-state index is 14.0. The summed E-state index contributed by atoms with van der Waals surface area (Å²) in [5.74, 6) is -0.857. The Labute approximate surface area is 187 Å². The molecule has 31 heavy (non-hydrogen) atoms. The highest BCUT2D eigenvalue weighted by molar-refractivity contribution is 7.99. The standard InChI is InChI=1S/C21H25F2N5S.C2H6/c1-13(2)19-12-26-21-18(25-11-15-16(22)4-3-5-17(15)23)10-20(27-28(19)21)29-14-6-8-24-9-7-14;1-2/h3-5,10,12-14,24-25H,6-9,11H2,1-2H3;1-2H3. The normalized spacial score (nSPS) is 14.5. The molecular weight excluding hydrogens is 416 g/mol. The van der Waals surface area contributed by atoms with Gasteiger partial charge < -0.3 is 10.6 Å². The van der Waals surface area contributed by atoms with Crippen LogP contribution in [-0.4, -0.2) is 32.9 Å². The van der Waals surface area contributed by atoms with Crippen molar-refractivity contribution < 1.29 is 8.78 Å². The molecule has 0 spiro atoms. The van der Waals surface area contributed by atoms with Gasteiger partial charge in [-0.2, -0.15) is 5.10 Å². The molecule has 0 saturated carbocycles. The van der Waals surface area contributed by atoms with Crippen LogP contribution in [0.25, 0.3) is 5.65 Å². The number of thioether (sulfide) groups is 1. The monoisotopic (exact) mass is 447 g/mol. The van der Waals surface area contributed by atoms with Crippen molar-refractivity contribution >= 4 is 23.1 Å². The summed E-state index contributed by atoms with van der Waals surface area (Å²) in [5.41, 5.74) is 2.42. The zero-order valence-corrected chi connectivity index (χ0v) is 19.4. The number of halogens is 2. The van der Waals surface area contributed by atoms with Gasteiger partial charge in [-0.15, -0.1) is 11.8 Å². The summed E-state index contributed by atoms with van der Waals surface area (Å²) in [5, 5.41) is 12.8. The van der Waals surface area contributed by atoms with Crippen LogP contribution in [0.4, 0.5) is 14.5 Å². The summed E-state index contributed by atoms with van der Waals surface area (Å²) in [6.07, 6.45) is 4.00. The Bertz CT molecular complexity index is 979. The molecule has 8 heteroatoms. The molecule has 5 nitrogen and oxygen atoms in total. The molecule has 3 heterocycles. The Kier molecular flexibility index (Phi) is 8.26. The van der Waals surface area contributed by atoms with E-state index < -0.39 is 11.6 Å². The maximum absolute atomic E-state index is 14.0. The number of hydrogen-bond donors (Lipinski definition) is 2. The fraction of sp³-hybridized carbons (Fsp3) is 0.478. The van der Waals surface area contributed by atoms with Crippen LogP contribution in [0.1, 0.15) is 57.7 Å². The van der Waals surface area contributed by atoms with E-state index in [2.05, 4.69) is 29.5 Å². The SMILES string of the molecule is CC.CC(C)c1cnc2c(NCc3c(F)cccc3F)cc(SC3CCNCC3)nn12. The molecule has 2 N–H and O–H groups in total. The number of benzene rings is 1. The molecule has 0 aliphatic carbocycles. The number of rotatable bonds is 6. The lowest BCUT2D eigenvalue weighted by Crippen LogP contribution is -2.29. The van der Waals surface area contributed by atoms with E-state index in [9.17, 15) is 8.78 Å². The molecule has 0 bridgehead atoms. The van der Waals surface area contributed by atoms with Crippen LogP contribution in [0.2, 0.25) is 0 Å². The molecule has 0 atom stereocenters. The number of aromatic nitrogens is 3. The van der Waals surface area contributed by atoms with Crippen LogP contribution in [0, 0.1) is 11.6 Å². The van der Waals surface area contributed by atoms with Gasteiger partial charge in [0.25, 0.3) is 0 Å². The molecule has 1 fully saturated rings. The smallest absolute Gasteiger partial charge is 0.177 e. The first kappa shape index (κ1) is 23.5. The summed E-state index contributed by atoms with van der Waals surface area (Å²) < 4.78 is 29.9. The number of fused-ring (bicyclic) bond motifs is 1. The van der Waals surface area contributed by atoms with Crippen molar-refractivity contribution in [1.82, 2.24) is 19.9 Å². The fourth-order valence-electron chi connectivity index (χ4n) is 3.51. The highest BCUT2D eigenvalue weighted by Crippen LogP contribution is 2.31. The topological polar surface area (TPSA) is 54.2 Å². The van der Waals surface area contributed by atoms with Crippen molar-refractivity contribution in [3.63, 3.8) is 0 Å². The van der Waals surface area contributed by atoms with E-state index in [1.807, 2.05) is 30.6 Å². The predicted octanol–water partition coefficient (Wildman–Crippen LogP) is 5.61. The molecule has 0 unspecified atom stereocenters. The first-order valence-electron chi connectivity index (χ1n) is 11.0. The van der Waals surface area contributed by atoms with Crippen molar-refractivity contribution in [3.8, 4) is 0 Å². The average Bonchev–Trinajstić information content (AvgIpc) is 3.20. The van der Waals surface area contributed by atoms with E-state index in [0.717, 1.165) is 42.3 Å². The number of nitrogens with zero attached hydrogens (tertiary/aromatic N) is 3. The number of anilines is 1. The van der Waals surface area contributed by atoms with E-state index in [0.29, 0.717) is 10.9 Å². The van der Waals surface area contributed by atoms with Crippen LogP contribution in [0.5, 0.6) is 0 Å². The molecule has 1 aliphatic heterocycles. The van der Waals surface area contributed by atoms with Gasteiger partial charge in [0.05, 0.1) is 17.6 Å². The third-order valence-electron chi connectivity index (χ3n) is 5.15. The highest BCUT2D eigenvalue weighted by Gasteiger charge is 2.19. The molecule has 3 aromatic rings. The first-order valence-corrected chi connectivity index (χ1v) is 11.8. The quantitative estimate of drug-likeness (QED) is 0.514. The van der Waals surface area contributed by atoms with Crippen molar-refractivity contribution in [3.05, 3.63) is 53.4 Å². The Morgan fingerprint density at radius 1 is 1.19 bits per heavy atom. The van der Waals surface area contributed by atoms with Crippen molar-refractivity contribution in [1.29, 1.82) is 0 Å². The van der Waals surface area contributed by atoms with Crippen LogP contribution in [-0.2, 0) is 6.54 Å². The number of imidazole rings is 1. The summed E-state index contributed by atoms with van der Waals surface area (Å²) in [7, 11) is 0. The molecule has 2 aromatic heterocycles. The fourth-order valence-corrected chi connectivity index (χ4v) is 4.64. The Morgan fingerprint density at radius 2 is 1.87 bits per heavy atom. The van der Waals surface area contributed by atoms with Gasteiger partial charge >= 0.3 is 0 Å². The molecule has 0 radical (unpaired) electrons. The zero-order valence-electron chi connectivity index (χ0n) is 18.6. The highest BCUT2D eigenvalue weighted by atomic mass is 32.2. The van der Waals surface area contributed by atoms with Gasteiger partial charge in [0.15, 0.2) is 5.65 Å². The molecule has 4 rings (SSSR count). The van der Waals surface area contributed by atoms with Crippen LogP contribution < -0.4 is 10.6 Å². The van der Waals surface area contributed by atoms with Gasteiger partial charge in [-0.05, 0) is 50.0 Å². The first-order chi connectivity index (χ1) is 15.0. The number of piperidine rings is 1. The Hall–Kier alpha value is -2.19. The summed E-state index contributed by atoms with van der Waals surface area (Å²) in [6, 6.07) is 5.86. The Morgan fingerprint density at radius 3 is 2.52 bits per heavy atom. The Balaban J connectivity index is 0.00000132. The zero-order chi connectivity index (χ0) is 22.4. The van der Waals surface area contributed by atoms with Gasteiger partial charge in [0, 0.05) is 17.4 Å². The third kappa shape index (κ3) is 5.54. The average molecular weight is 448 g/mol. The van der Waals surface area contributed by atoms with Gasteiger partial charge in [-0.25, -0.2) is 18.3 Å².